The Labute approximate surface area is 121 Å². The van der Waals surface area contributed by atoms with Gasteiger partial charge < -0.3 is 19.2 Å². The van der Waals surface area contributed by atoms with E-state index in [1.54, 1.807) is 7.11 Å². The minimum Gasteiger partial charge on any atom is -0.494 e. The van der Waals surface area contributed by atoms with E-state index in [0.717, 1.165) is 29.1 Å². The summed E-state index contributed by atoms with van der Waals surface area (Å²) in [5.74, 6) is 2.02. The number of benzene rings is 2. The van der Waals surface area contributed by atoms with Crippen LogP contribution < -0.4 is 14.8 Å². The number of anilines is 1. The largest absolute Gasteiger partial charge is 0.494 e. The third-order valence-electron chi connectivity index (χ3n) is 3.51. The summed E-state index contributed by atoms with van der Waals surface area (Å²) in [6, 6.07) is 11.5. The lowest BCUT2D eigenvalue weighted by Crippen LogP contribution is -2.18. The average molecular weight is 282 g/mol. The van der Waals surface area contributed by atoms with Crippen LogP contribution in [0.15, 0.2) is 40.8 Å². The number of para-hydroxylation sites is 2. The lowest BCUT2D eigenvalue weighted by atomic mass is 10.1. The first-order valence-electron chi connectivity index (χ1n) is 6.80. The number of ether oxygens (including phenoxy) is 2. The highest BCUT2D eigenvalue weighted by Crippen LogP contribution is 2.39. The molecule has 21 heavy (non-hydrogen) atoms. The van der Waals surface area contributed by atoms with Crippen molar-refractivity contribution in [2.75, 3.05) is 25.6 Å². The molecule has 0 fully saturated rings. The van der Waals surface area contributed by atoms with Gasteiger partial charge in [0.25, 0.3) is 0 Å². The van der Waals surface area contributed by atoms with E-state index < -0.39 is 0 Å². The molecule has 5 nitrogen and oxygen atoms in total. The molecule has 0 radical (unpaired) electrons. The van der Waals surface area contributed by atoms with Crippen molar-refractivity contribution in [1.29, 1.82) is 0 Å². The Morgan fingerprint density at radius 2 is 2.10 bits per heavy atom. The van der Waals surface area contributed by atoms with Crippen molar-refractivity contribution in [3.8, 4) is 23.0 Å². The second kappa shape index (κ2) is 4.70. The van der Waals surface area contributed by atoms with E-state index in [0.29, 0.717) is 23.8 Å². The lowest BCUT2D eigenvalue weighted by molar-refractivity contribution is 0.324. The number of oxazole rings is 1. The van der Waals surface area contributed by atoms with Gasteiger partial charge in [0.15, 0.2) is 16.8 Å². The minimum absolute atomic E-state index is 0.537. The van der Waals surface area contributed by atoms with Gasteiger partial charge in [-0.15, -0.1) is 0 Å². The Balaban J connectivity index is 1.91. The molecule has 4 rings (SSSR count). The Hall–Kier alpha value is -2.69. The molecule has 1 N–H and O–H groups in total. The van der Waals surface area contributed by atoms with Crippen LogP contribution in [0.3, 0.4) is 0 Å². The van der Waals surface area contributed by atoms with E-state index >= 15 is 0 Å². The molecule has 0 aliphatic carbocycles. The maximum atomic E-state index is 5.86. The normalized spacial score (nSPS) is 13.4. The van der Waals surface area contributed by atoms with Gasteiger partial charge in [-0.3, -0.25) is 0 Å². The smallest absolute Gasteiger partial charge is 0.231 e. The molecule has 0 spiro atoms. The Morgan fingerprint density at radius 1 is 1.19 bits per heavy atom. The van der Waals surface area contributed by atoms with E-state index in [9.17, 15) is 0 Å². The van der Waals surface area contributed by atoms with Crippen molar-refractivity contribution < 1.29 is 13.9 Å². The molecule has 2 aromatic carbocycles. The van der Waals surface area contributed by atoms with Gasteiger partial charge in [0, 0.05) is 6.54 Å². The van der Waals surface area contributed by atoms with Gasteiger partial charge in [0.05, 0.1) is 18.4 Å². The standard InChI is InChI=1S/C16H14N2O3/c1-19-12-6-3-7-13-14(12)18-16(21-13)10-4-2-5-11-15(10)20-9-8-17-11/h2-7,17H,8-9H2,1H3. The lowest BCUT2D eigenvalue weighted by Gasteiger charge is -2.20. The van der Waals surface area contributed by atoms with E-state index in [1.807, 2.05) is 36.4 Å². The molecule has 0 saturated carbocycles. The quantitative estimate of drug-likeness (QED) is 0.781. The van der Waals surface area contributed by atoms with Crippen molar-refractivity contribution in [2.45, 2.75) is 0 Å². The van der Waals surface area contributed by atoms with E-state index in [1.165, 1.54) is 0 Å². The molecule has 3 aromatic rings. The van der Waals surface area contributed by atoms with Crippen LogP contribution in [-0.4, -0.2) is 25.2 Å². The first-order valence-corrected chi connectivity index (χ1v) is 6.80. The SMILES string of the molecule is COc1cccc2oc(-c3cccc4c3OCCN4)nc12. The van der Waals surface area contributed by atoms with Crippen molar-refractivity contribution >= 4 is 16.8 Å². The number of nitrogens with one attached hydrogen (secondary N) is 1. The van der Waals surface area contributed by atoms with Crippen LogP contribution in [-0.2, 0) is 0 Å². The van der Waals surface area contributed by atoms with Crippen LogP contribution >= 0.6 is 0 Å². The molecule has 106 valence electrons. The summed E-state index contributed by atoms with van der Waals surface area (Å²) in [4.78, 5) is 4.56. The summed E-state index contributed by atoms with van der Waals surface area (Å²) < 4.78 is 17.0. The Kier molecular flexibility index (Phi) is 2.70. The van der Waals surface area contributed by atoms with Crippen LogP contribution in [0.5, 0.6) is 11.5 Å². The van der Waals surface area contributed by atoms with E-state index in [2.05, 4.69) is 10.3 Å². The molecule has 0 saturated heterocycles. The van der Waals surface area contributed by atoms with Gasteiger partial charge in [0.1, 0.15) is 12.4 Å². The van der Waals surface area contributed by atoms with E-state index in [-0.39, 0.29) is 0 Å². The number of hydrogen-bond acceptors (Lipinski definition) is 5. The average Bonchev–Trinajstić information content (AvgIpc) is 2.98. The summed E-state index contributed by atoms with van der Waals surface area (Å²) in [5.41, 5.74) is 3.23. The molecule has 0 unspecified atom stereocenters. The van der Waals surface area contributed by atoms with Gasteiger partial charge in [-0.1, -0.05) is 12.1 Å². The third-order valence-corrected chi connectivity index (χ3v) is 3.51. The van der Waals surface area contributed by atoms with Crippen molar-refractivity contribution in [3.05, 3.63) is 36.4 Å². The summed E-state index contributed by atoms with van der Waals surface area (Å²) in [6.45, 7) is 1.44. The fourth-order valence-corrected chi connectivity index (χ4v) is 2.54. The van der Waals surface area contributed by atoms with Crippen LogP contribution in [0, 0.1) is 0 Å². The molecule has 0 bridgehead atoms. The second-order valence-electron chi connectivity index (χ2n) is 4.78. The first-order chi connectivity index (χ1) is 10.4. The second-order valence-corrected chi connectivity index (χ2v) is 4.78. The van der Waals surface area contributed by atoms with E-state index in [4.69, 9.17) is 13.9 Å². The summed E-state index contributed by atoms with van der Waals surface area (Å²) >= 11 is 0. The molecule has 1 aliphatic rings. The number of hydrogen-bond donors (Lipinski definition) is 1. The van der Waals surface area contributed by atoms with Gasteiger partial charge in [-0.25, -0.2) is 4.98 Å². The van der Waals surface area contributed by atoms with Gasteiger partial charge >= 0.3 is 0 Å². The maximum Gasteiger partial charge on any atom is 0.231 e. The fourth-order valence-electron chi connectivity index (χ4n) is 2.54. The predicted molar refractivity (Wildman–Crippen MR) is 80.0 cm³/mol. The van der Waals surface area contributed by atoms with Crippen molar-refractivity contribution in [1.82, 2.24) is 4.98 Å². The highest BCUT2D eigenvalue weighted by Gasteiger charge is 2.20. The van der Waals surface area contributed by atoms with Crippen LogP contribution in [0.1, 0.15) is 0 Å². The molecule has 0 atom stereocenters. The maximum absolute atomic E-state index is 5.86. The zero-order chi connectivity index (χ0) is 14.2. The van der Waals surface area contributed by atoms with Gasteiger partial charge in [0.2, 0.25) is 5.89 Å². The van der Waals surface area contributed by atoms with Crippen LogP contribution in [0.2, 0.25) is 0 Å². The first kappa shape index (κ1) is 12.1. The zero-order valence-corrected chi connectivity index (χ0v) is 11.6. The molecular formula is C16H14N2O3. The zero-order valence-electron chi connectivity index (χ0n) is 11.6. The summed E-state index contributed by atoms with van der Waals surface area (Å²) in [7, 11) is 1.63. The minimum atomic E-state index is 0.537. The molecule has 0 amide bonds. The van der Waals surface area contributed by atoms with Gasteiger partial charge in [-0.05, 0) is 24.3 Å². The van der Waals surface area contributed by atoms with Crippen molar-refractivity contribution in [2.24, 2.45) is 0 Å². The fraction of sp³-hybridized carbons (Fsp3) is 0.188. The van der Waals surface area contributed by atoms with Crippen molar-refractivity contribution in [3.63, 3.8) is 0 Å². The Morgan fingerprint density at radius 3 is 3.00 bits per heavy atom. The topological polar surface area (TPSA) is 56.5 Å². The monoisotopic (exact) mass is 282 g/mol. The predicted octanol–water partition coefficient (Wildman–Crippen LogP) is 3.31. The highest BCUT2D eigenvalue weighted by molar-refractivity contribution is 5.84. The number of aromatic nitrogens is 1. The van der Waals surface area contributed by atoms with Crippen LogP contribution in [0.4, 0.5) is 5.69 Å². The third kappa shape index (κ3) is 1.89. The number of rotatable bonds is 2. The number of nitrogens with zero attached hydrogens (tertiary/aromatic N) is 1. The molecule has 2 heterocycles. The van der Waals surface area contributed by atoms with Crippen LogP contribution in [0.25, 0.3) is 22.6 Å². The highest BCUT2D eigenvalue weighted by atomic mass is 16.5. The number of fused-ring (bicyclic) bond motifs is 2. The Bertz CT molecular complexity index is 810. The van der Waals surface area contributed by atoms with Gasteiger partial charge in [-0.2, -0.15) is 0 Å². The molecular weight excluding hydrogens is 268 g/mol. The molecule has 5 heteroatoms. The summed E-state index contributed by atoms with van der Waals surface area (Å²) in [6.07, 6.45) is 0. The molecule has 1 aliphatic heterocycles. The molecule has 1 aromatic heterocycles. The summed E-state index contributed by atoms with van der Waals surface area (Å²) in [5, 5.41) is 3.31. The number of methoxy groups -OCH3 is 1.